The van der Waals surface area contributed by atoms with Crippen LogP contribution in [0.5, 0.6) is 11.5 Å². The van der Waals surface area contributed by atoms with Crippen LogP contribution in [0.25, 0.3) is 0 Å². The van der Waals surface area contributed by atoms with Gasteiger partial charge in [0, 0.05) is 0 Å². The highest BCUT2D eigenvalue weighted by atomic mass is 16.3. The van der Waals surface area contributed by atoms with E-state index in [1.165, 1.54) is 32.0 Å². The first-order valence-corrected chi connectivity index (χ1v) is 4.89. The smallest absolute Gasteiger partial charge is 0.259 e. The molecular formula is C11H14N2O4. The van der Waals surface area contributed by atoms with Gasteiger partial charge < -0.3 is 21.3 Å². The van der Waals surface area contributed by atoms with Crippen molar-refractivity contribution >= 4 is 11.8 Å². The van der Waals surface area contributed by atoms with Crippen molar-refractivity contribution in [3.05, 3.63) is 23.8 Å². The van der Waals surface area contributed by atoms with Crippen LogP contribution in [0.3, 0.4) is 0 Å². The Bertz CT molecular complexity index is 448. The minimum atomic E-state index is -1.27. The Morgan fingerprint density at radius 3 is 2.12 bits per heavy atom. The van der Waals surface area contributed by atoms with Gasteiger partial charge in [0.05, 0.1) is 0 Å². The molecule has 0 atom stereocenters. The van der Waals surface area contributed by atoms with E-state index in [9.17, 15) is 19.8 Å². The van der Waals surface area contributed by atoms with Crippen LogP contribution in [-0.2, 0) is 4.79 Å². The molecule has 17 heavy (non-hydrogen) atoms. The maximum Gasteiger partial charge on any atom is 0.259 e. The average molecular weight is 238 g/mol. The Labute approximate surface area is 98.1 Å². The van der Waals surface area contributed by atoms with Crippen molar-refractivity contribution in [2.24, 2.45) is 5.73 Å². The van der Waals surface area contributed by atoms with Crippen molar-refractivity contribution in [2.45, 2.75) is 19.4 Å². The van der Waals surface area contributed by atoms with E-state index in [1.807, 2.05) is 0 Å². The Morgan fingerprint density at radius 1 is 1.24 bits per heavy atom. The second-order valence-corrected chi connectivity index (χ2v) is 4.11. The molecule has 92 valence electrons. The lowest BCUT2D eigenvalue weighted by molar-refractivity contribution is -0.122. The highest BCUT2D eigenvalue weighted by Gasteiger charge is 2.29. The van der Waals surface area contributed by atoms with Crippen LogP contribution < -0.4 is 11.1 Å². The first-order chi connectivity index (χ1) is 7.75. The van der Waals surface area contributed by atoms with Gasteiger partial charge in [-0.1, -0.05) is 6.07 Å². The molecule has 1 rings (SSSR count). The molecule has 0 aliphatic heterocycles. The molecule has 5 N–H and O–H groups in total. The molecule has 6 nitrogen and oxygen atoms in total. The lowest BCUT2D eigenvalue weighted by Crippen LogP contribution is -2.53. The molecule has 0 aliphatic carbocycles. The fourth-order valence-electron chi connectivity index (χ4n) is 1.17. The molecule has 1 aromatic rings. The van der Waals surface area contributed by atoms with E-state index >= 15 is 0 Å². The van der Waals surface area contributed by atoms with Gasteiger partial charge >= 0.3 is 0 Å². The number of phenolic OH excluding ortho intramolecular Hbond substituents is 2. The molecule has 0 radical (unpaired) electrons. The van der Waals surface area contributed by atoms with Crippen molar-refractivity contribution < 1.29 is 19.8 Å². The molecule has 0 bridgehead atoms. The summed E-state index contributed by atoms with van der Waals surface area (Å²) < 4.78 is 0. The number of hydrogen-bond acceptors (Lipinski definition) is 4. The number of amides is 2. The molecule has 0 heterocycles. The number of hydrogen-bond donors (Lipinski definition) is 4. The van der Waals surface area contributed by atoms with Gasteiger partial charge in [-0.2, -0.15) is 0 Å². The standard InChI is InChI=1S/C11H14N2O4/c1-11(2,10(12)17)13-9(16)8-6(14)4-3-5-7(8)15/h3-5,14-15H,1-2H3,(H2,12,17)(H,13,16). The van der Waals surface area contributed by atoms with Crippen molar-refractivity contribution in [3.8, 4) is 11.5 Å². The Hall–Kier alpha value is -2.24. The SMILES string of the molecule is CC(C)(NC(=O)c1c(O)cccc1O)C(N)=O. The molecule has 2 amide bonds. The first-order valence-electron chi connectivity index (χ1n) is 4.89. The fraction of sp³-hybridized carbons (Fsp3) is 0.273. The number of aromatic hydroxyl groups is 2. The van der Waals surface area contributed by atoms with Crippen molar-refractivity contribution in [1.82, 2.24) is 5.32 Å². The lowest BCUT2D eigenvalue weighted by Gasteiger charge is -2.22. The van der Waals surface area contributed by atoms with Crippen LogP contribution >= 0.6 is 0 Å². The summed E-state index contributed by atoms with van der Waals surface area (Å²) >= 11 is 0. The molecule has 0 aliphatic rings. The zero-order chi connectivity index (χ0) is 13.2. The van der Waals surface area contributed by atoms with Gasteiger partial charge in [0.1, 0.15) is 22.6 Å². The van der Waals surface area contributed by atoms with Crippen molar-refractivity contribution in [1.29, 1.82) is 0 Å². The van der Waals surface area contributed by atoms with Crippen molar-refractivity contribution in [2.75, 3.05) is 0 Å². The van der Waals surface area contributed by atoms with E-state index in [1.54, 1.807) is 0 Å². The Kier molecular flexibility index (Phi) is 3.26. The quantitative estimate of drug-likeness (QED) is 0.597. The molecule has 0 fully saturated rings. The number of primary amides is 1. The number of nitrogens with one attached hydrogen (secondary N) is 1. The summed E-state index contributed by atoms with van der Waals surface area (Å²) in [6.07, 6.45) is 0. The normalized spacial score (nSPS) is 10.9. The van der Waals surface area contributed by atoms with Crippen LogP contribution in [-0.4, -0.2) is 27.6 Å². The van der Waals surface area contributed by atoms with E-state index in [4.69, 9.17) is 5.73 Å². The Morgan fingerprint density at radius 2 is 1.71 bits per heavy atom. The van der Waals surface area contributed by atoms with Gasteiger partial charge in [-0.05, 0) is 26.0 Å². The van der Waals surface area contributed by atoms with E-state index in [2.05, 4.69) is 5.32 Å². The van der Waals surface area contributed by atoms with Gasteiger partial charge in [0.25, 0.3) is 5.91 Å². The third-order valence-corrected chi connectivity index (χ3v) is 2.29. The molecular weight excluding hydrogens is 224 g/mol. The molecule has 6 heteroatoms. The van der Waals surface area contributed by atoms with E-state index in [0.717, 1.165) is 0 Å². The lowest BCUT2D eigenvalue weighted by atomic mass is 10.0. The monoisotopic (exact) mass is 238 g/mol. The molecule has 0 aromatic heterocycles. The minimum absolute atomic E-state index is 0.290. The van der Waals surface area contributed by atoms with E-state index in [0.29, 0.717) is 0 Å². The molecule has 0 saturated heterocycles. The highest BCUT2D eigenvalue weighted by Crippen LogP contribution is 2.26. The highest BCUT2D eigenvalue weighted by molar-refractivity contribution is 6.02. The van der Waals surface area contributed by atoms with Gasteiger partial charge in [-0.25, -0.2) is 0 Å². The van der Waals surface area contributed by atoms with Crippen LogP contribution in [0.4, 0.5) is 0 Å². The number of nitrogens with two attached hydrogens (primary N) is 1. The summed E-state index contributed by atoms with van der Waals surface area (Å²) in [4.78, 5) is 22.8. The van der Waals surface area contributed by atoms with Crippen LogP contribution in [0.1, 0.15) is 24.2 Å². The summed E-state index contributed by atoms with van der Waals surface area (Å²) in [6, 6.07) is 3.90. The largest absolute Gasteiger partial charge is 0.507 e. The summed E-state index contributed by atoms with van der Waals surface area (Å²) in [6.45, 7) is 2.84. The maximum absolute atomic E-state index is 11.8. The summed E-state index contributed by atoms with van der Waals surface area (Å²) in [5.74, 6) is -2.24. The second kappa shape index (κ2) is 4.32. The number of carbonyl (C=O) groups excluding carboxylic acids is 2. The van der Waals surface area contributed by atoms with E-state index in [-0.39, 0.29) is 17.1 Å². The minimum Gasteiger partial charge on any atom is -0.507 e. The second-order valence-electron chi connectivity index (χ2n) is 4.11. The molecule has 0 unspecified atom stereocenters. The number of rotatable bonds is 3. The topological polar surface area (TPSA) is 113 Å². The maximum atomic E-state index is 11.8. The number of phenols is 2. The summed E-state index contributed by atoms with van der Waals surface area (Å²) in [5.41, 5.74) is 3.53. The van der Waals surface area contributed by atoms with Gasteiger partial charge in [0.15, 0.2) is 0 Å². The molecule has 1 aromatic carbocycles. The zero-order valence-corrected chi connectivity index (χ0v) is 9.52. The van der Waals surface area contributed by atoms with Crippen LogP contribution in [0.2, 0.25) is 0 Å². The third kappa shape index (κ3) is 2.66. The van der Waals surface area contributed by atoms with Gasteiger partial charge in [-0.3, -0.25) is 9.59 Å². The Balaban J connectivity index is 3.03. The fourth-order valence-corrected chi connectivity index (χ4v) is 1.17. The molecule has 0 saturated carbocycles. The predicted octanol–water partition coefficient (Wildman–Crippen LogP) is 0.0915. The third-order valence-electron chi connectivity index (χ3n) is 2.29. The molecule has 0 spiro atoms. The van der Waals surface area contributed by atoms with E-state index < -0.39 is 17.4 Å². The number of benzene rings is 1. The average Bonchev–Trinajstić information content (AvgIpc) is 2.15. The van der Waals surface area contributed by atoms with Crippen LogP contribution in [0, 0.1) is 0 Å². The number of carbonyl (C=O) groups is 2. The zero-order valence-electron chi connectivity index (χ0n) is 9.52. The summed E-state index contributed by atoms with van der Waals surface area (Å²) in [5, 5.41) is 21.2. The predicted molar refractivity (Wildman–Crippen MR) is 60.5 cm³/mol. The van der Waals surface area contributed by atoms with Gasteiger partial charge in [-0.15, -0.1) is 0 Å². The first kappa shape index (κ1) is 12.8. The summed E-state index contributed by atoms with van der Waals surface area (Å²) in [7, 11) is 0. The van der Waals surface area contributed by atoms with Gasteiger partial charge in [0.2, 0.25) is 5.91 Å². The van der Waals surface area contributed by atoms with Crippen LogP contribution in [0.15, 0.2) is 18.2 Å². The van der Waals surface area contributed by atoms with Crippen molar-refractivity contribution in [3.63, 3.8) is 0 Å².